The van der Waals surface area contributed by atoms with E-state index in [0.717, 1.165) is 11.1 Å². The molecule has 0 aliphatic carbocycles. The van der Waals surface area contributed by atoms with E-state index in [-0.39, 0.29) is 5.91 Å². The maximum absolute atomic E-state index is 12.4. The molecule has 0 saturated carbocycles. The van der Waals surface area contributed by atoms with Crippen LogP contribution in [0.15, 0.2) is 72.8 Å². The van der Waals surface area contributed by atoms with E-state index in [1.165, 1.54) is 0 Å². The van der Waals surface area contributed by atoms with Gasteiger partial charge in [0.2, 0.25) is 0 Å². The molecule has 0 fully saturated rings. The Morgan fingerprint density at radius 1 is 0.923 bits per heavy atom. The van der Waals surface area contributed by atoms with Gasteiger partial charge in [0.15, 0.2) is 0 Å². The Morgan fingerprint density at radius 3 is 2.46 bits per heavy atom. The summed E-state index contributed by atoms with van der Waals surface area (Å²) >= 11 is 12.0. The first-order valence-electron chi connectivity index (χ1n) is 8.11. The molecule has 0 heterocycles. The van der Waals surface area contributed by atoms with Gasteiger partial charge in [-0.15, -0.1) is 0 Å². The molecule has 0 aliphatic heterocycles. The summed E-state index contributed by atoms with van der Waals surface area (Å²) < 4.78 is 5.76. The molecular weight excluding hydrogens is 369 g/mol. The normalized spacial score (nSPS) is 10.4. The molecule has 0 radical (unpaired) electrons. The van der Waals surface area contributed by atoms with Crippen LogP contribution >= 0.6 is 23.2 Å². The van der Waals surface area contributed by atoms with E-state index in [9.17, 15) is 4.79 Å². The van der Waals surface area contributed by atoms with Crippen LogP contribution in [0.5, 0.6) is 5.75 Å². The minimum atomic E-state index is -0.164. The van der Waals surface area contributed by atoms with Crippen LogP contribution in [-0.2, 0) is 13.2 Å². The molecule has 5 heteroatoms. The minimum Gasteiger partial charge on any atom is -0.489 e. The van der Waals surface area contributed by atoms with Gasteiger partial charge in [0.05, 0.1) is 0 Å². The van der Waals surface area contributed by atoms with Crippen LogP contribution in [0.25, 0.3) is 0 Å². The second-order valence-corrected chi connectivity index (χ2v) is 6.56. The van der Waals surface area contributed by atoms with Crippen molar-refractivity contribution in [1.29, 1.82) is 0 Å². The van der Waals surface area contributed by atoms with E-state index in [4.69, 9.17) is 27.9 Å². The number of benzene rings is 3. The highest BCUT2D eigenvalue weighted by atomic mass is 35.5. The number of halogens is 2. The molecule has 3 rings (SSSR count). The molecule has 0 spiro atoms. The van der Waals surface area contributed by atoms with Crippen LogP contribution in [0.1, 0.15) is 21.5 Å². The lowest BCUT2D eigenvalue weighted by atomic mass is 10.2. The summed E-state index contributed by atoms with van der Waals surface area (Å²) in [4.78, 5) is 12.4. The maximum Gasteiger partial charge on any atom is 0.251 e. The van der Waals surface area contributed by atoms with E-state index < -0.39 is 0 Å². The average molecular weight is 386 g/mol. The number of nitrogens with one attached hydrogen (secondary N) is 1. The van der Waals surface area contributed by atoms with E-state index in [1.54, 1.807) is 30.3 Å². The Balaban J connectivity index is 1.60. The highest BCUT2D eigenvalue weighted by Gasteiger charge is 2.07. The lowest BCUT2D eigenvalue weighted by molar-refractivity contribution is 0.0950. The number of ether oxygens (including phenoxy) is 1. The lowest BCUT2D eigenvalue weighted by Crippen LogP contribution is -2.22. The molecule has 0 saturated heterocycles. The van der Waals surface area contributed by atoms with Crippen LogP contribution in [0, 0.1) is 0 Å². The third-order valence-electron chi connectivity index (χ3n) is 3.81. The topological polar surface area (TPSA) is 38.3 Å². The number of carbonyl (C=O) groups excluding carboxylic acids is 1. The SMILES string of the molecule is O=C(NCc1ccc(Cl)cc1)c1cccc(OCc2ccccc2Cl)c1. The predicted molar refractivity (Wildman–Crippen MR) is 105 cm³/mol. The summed E-state index contributed by atoms with van der Waals surface area (Å²) in [6.07, 6.45) is 0. The fraction of sp³-hybridized carbons (Fsp3) is 0.0952. The van der Waals surface area contributed by atoms with Gasteiger partial charge >= 0.3 is 0 Å². The van der Waals surface area contributed by atoms with Crippen LogP contribution < -0.4 is 10.1 Å². The van der Waals surface area contributed by atoms with Crippen molar-refractivity contribution in [3.63, 3.8) is 0 Å². The van der Waals surface area contributed by atoms with Gasteiger partial charge in [-0.05, 0) is 42.0 Å². The Labute approximate surface area is 162 Å². The highest BCUT2D eigenvalue weighted by Crippen LogP contribution is 2.19. The van der Waals surface area contributed by atoms with Crippen molar-refractivity contribution in [3.05, 3.63) is 99.5 Å². The molecule has 0 atom stereocenters. The molecule has 0 unspecified atom stereocenters. The molecule has 3 aromatic rings. The number of carbonyl (C=O) groups is 1. The van der Waals surface area contributed by atoms with E-state index in [0.29, 0.717) is 34.5 Å². The third-order valence-corrected chi connectivity index (χ3v) is 4.44. The van der Waals surface area contributed by atoms with Crippen LogP contribution in [0.2, 0.25) is 10.0 Å². The Morgan fingerprint density at radius 2 is 1.69 bits per heavy atom. The number of hydrogen-bond donors (Lipinski definition) is 1. The largest absolute Gasteiger partial charge is 0.489 e. The van der Waals surface area contributed by atoms with Crippen molar-refractivity contribution in [2.75, 3.05) is 0 Å². The lowest BCUT2D eigenvalue weighted by Gasteiger charge is -2.10. The predicted octanol–water partition coefficient (Wildman–Crippen LogP) is 5.50. The van der Waals surface area contributed by atoms with Crippen molar-refractivity contribution in [2.24, 2.45) is 0 Å². The number of hydrogen-bond acceptors (Lipinski definition) is 2. The Bertz CT molecular complexity index is 895. The summed E-state index contributed by atoms with van der Waals surface area (Å²) in [5.74, 6) is 0.451. The first kappa shape index (κ1) is 18.3. The fourth-order valence-corrected chi connectivity index (χ4v) is 2.71. The smallest absolute Gasteiger partial charge is 0.251 e. The van der Waals surface area contributed by atoms with Gasteiger partial charge in [-0.3, -0.25) is 4.79 Å². The van der Waals surface area contributed by atoms with Gasteiger partial charge < -0.3 is 10.1 Å². The molecule has 26 heavy (non-hydrogen) atoms. The Kier molecular flexibility index (Phi) is 6.16. The van der Waals surface area contributed by atoms with E-state index >= 15 is 0 Å². The van der Waals surface area contributed by atoms with E-state index in [1.807, 2.05) is 42.5 Å². The third kappa shape index (κ3) is 5.01. The zero-order valence-electron chi connectivity index (χ0n) is 13.9. The molecule has 1 amide bonds. The number of amides is 1. The second-order valence-electron chi connectivity index (χ2n) is 5.72. The molecule has 1 N–H and O–H groups in total. The quantitative estimate of drug-likeness (QED) is 0.607. The monoisotopic (exact) mass is 385 g/mol. The first-order chi connectivity index (χ1) is 12.6. The highest BCUT2D eigenvalue weighted by molar-refractivity contribution is 6.31. The first-order valence-corrected chi connectivity index (χ1v) is 8.86. The maximum atomic E-state index is 12.4. The van der Waals surface area contributed by atoms with Crippen molar-refractivity contribution in [3.8, 4) is 5.75 Å². The van der Waals surface area contributed by atoms with Gasteiger partial charge in [0.25, 0.3) is 5.91 Å². The molecule has 132 valence electrons. The molecular formula is C21H17Cl2NO2. The van der Waals surface area contributed by atoms with Crippen LogP contribution in [-0.4, -0.2) is 5.91 Å². The summed E-state index contributed by atoms with van der Waals surface area (Å²) in [6, 6.07) is 21.9. The van der Waals surface area contributed by atoms with Gasteiger partial charge in [-0.25, -0.2) is 0 Å². The van der Waals surface area contributed by atoms with Crippen molar-refractivity contribution in [1.82, 2.24) is 5.32 Å². The van der Waals surface area contributed by atoms with Crippen LogP contribution in [0.4, 0.5) is 0 Å². The summed E-state index contributed by atoms with van der Waals surface area (Å²) in [7, 11) is 0. The van der Waals surface area contributed by atoms with E-state index in [2.05, 4.69) is 5.32 Å². The zero-order valence-corrected chi connectivity index (χ0v) is 15.4. The number of rotatable bonds is 6. The van der Waals surface area contributed by atoms with Gasteiger partial charge in [-0.1, -0.05) is 59.6 Å². The zero-order chi connectivity index (χ0) is 18.4. The molecule has 3 nitrogen and oxygen atoms in total. The Hall–Kier alpha value is -2.49. The van der Waals surface area contributed by atoms with Crippen LogP contribution in [0.3, 0.4) is 0 Å². The standard InChI is InChI=1S/C21H17Cl2NO2/c22-18-10-8-15(9-11-18)13-24-21(25)16-5-3-6-19(12-16)26-14-17-4-1-2-7-20(17)23/h1-12H,13-14H2,(H,24,25). The minimum absolute atomic E-state index is 0.164. The van der Waals surface area contributed by atoms with Gasteiger partial charge in [-0.2, -0.15) is 0 Å². The van der Waals surface area contributed by atoms with Crippen molar-refractivity contribution >= 4 is 29.1 Å². The molecule has 0 aromatic heterocycles. The van der Waals surface area contributed by atoms with Crippen molar-refractivity contribution in [2.45, 2.75) is 13.2 Å². The van der Waals surface area contributed by atoms with Gasteiger partial charge in [0.1, 0.15) is 12.4 Å². The summed E-state index contributed by atoms with van der Waals surface area (Å²) in [5, 5.41) is 4.21. The summed E-state index contributed by atoms with van der Waals surface area (Å²) in [5.41, 5.74) is 2.41. The van der Waals surface area contributed by atoms with Gasteiger partial charge in [0, 0.05) is 27.7 Å². The van der Waals surface area contributed by atoms with Crippen molar-refractivity contribution < 1.29 is 9.53 Å². The fourth-order valence-electron chi connectivity index (χ4n) is 2.39. The molecule has 0 aliphatic rings. The second kappa shape index (κ2) is 8.75. The molecule has 3 aromatic carbocycles. The summed E-state index contributed by atoms with van der Waals surface area (Å²) in [6.45, 7) is 0.774. The molecule has 0 bridgehead atoms. The average Bonchev–Trinajstić information content (AvgIpc) is 2.67.